The molecule has 2 aromatic carbocycles. The number of carbonyl (C=O) groups is 1. The maximum Gasteiger partial charge on any atom is 0.241 e. The molecule has 0 aromatic heterocycles. The van der Waals surface area contributed by atoms with Gasteiger partial charge in [0.05, 0.1) is 26.2 Å². The smallest absolute Gasteiger partial charge is 0.241 e. The number of nitrogens with zero attached hydrogens (tertiary/aromatic N) is 1. The van der Waals surface area contributed by atoms with Crippen molar-refractivity contribution in [3.8, 4) is 11.5 Å². The van der Waals surface area contributed by atoms with E-state index in [0.29, 0.717) is 18.0 Å². The third-order valence-electron chi connectivity index (χ3n) is 3.91. The Kier molecular flexibility index (Phi) is 6.68. The van der Waals surface area contributed by atoms with Gasteiger partial charge in [0, 0.05) is 12.6 Å². The lowest BCUT2D eigenvalue weighted by molar-refractivity contribution is -0.119. The molecular weight excluding hydrogens is 368 g/mol. The number of rotatable bonds is 8. The van der Waals surface area contributed by atoms with Crippen molar-refractivity contribution in [1.29, 1.82) is 0 Å². The van der Waals surface area contributed by atoms with Gasteiger partial charge in [0.25, 0.3) is 0 Å². The van der Waals surface area contributed by atoms with Gasteiger partial charge in [-0.15, -0.1) is 0 Å². The fourth-order valence-corrected chi connectivity index (χ4v) is 3.43. The van der Waals surface area contributed by atoms with Crippen molar-refractivity contribution in [3.63, 3.8) is 0 Å². The van der Waals surface area contributed by atoms with Crippen LogP contribution < -0.4 is 19.1 Å². The second-order valence-corrected chi connectivity index (χ2v) is 7.98. The van der Waals surface area contributed by atoms with E-state index in [1.54, 1.807) is 12.1 Å². The lowest BCUT2D eigenvalue weighted by Crippen LogP contribution is -2.40. The monoisotopic (exact) mass is 392 g/mol. The van der Waals surface area contributed by atoms with Crippen molar-refractivity contribution in [2.75, 3.05) is 31.3 Å². The topological polar surface area (TPSA) is 84.9 Å². The molecule has 0 saturated heterocycles. The van der Waals surface area contributed by atoms with Crippen LogP contribution in [-0.2, 0) is 21.4 Å². The van der Waals surface area contributed by atoms with E-state index in [1.165, 1.54) is 20.3 Å². The summed E-state index contributed by atoms with van der Waals surface area (Å²) in [6, 6.07) is 12.5. The molecule has 0 atom stereocenters. The number of sulfonamides is 1. The van der Waals surface area contributed by atoms with Gasteiger partial charge in [-0.3, -0.25) is 9.10 Å². The summed E-state index contributed by atoms with van der Waals surface area (Å²) < 4.78 is 36.0. The lowest BCUT2D eigenvalue weighted by Gasteiger charge is -2.24. The Morgan fingerprint density at radius 2 is 1.85 bits per heavy atom. The quantitative estimate of drug-likeness (QED) is 0.744. The average Bonchev–Trinajstić information content (AvgIpc) is 2.63. The van der Waals surface area contributed by atoms with E-state index in [-0.39, 0.29) is 12.2 Å². The number of amides is 1. The van der Waals surface area contributed by atoms with E-state index in [2.05, 4.69) is 5.32 Å². The number of hydrogen-bond acceptors (Lipinski definition) is 5. The second-order valence-electron chi connectivity index (χ2n) is 6.07. The summed E-state index contributed by atoms with van der Waals surface area (Å²) in [5.74, 6) is 0.360. The van der Waals surface area contributed by atoms with Crippen LogP contribution in [0, 0.1) is 6.92 Å². The zero-order valence-corrected chi connectivity index (χ0v) is 16.7. The lowest BCUT2D eigenvalue weighted by atomic mass is 10.1. The van der Waals surface area contributed by atoms with E-state index < -0.39 is 15.9 Å². The second kappa shape index (κ2) is 8.77. The van der Waals surface area contributed by atoms with Crippen LogP contribution in [0.5, 0.6) is 11.5 Å². The first-order valence-electron chi connectivity index (χ1n) is 8.26. The number of aryl methyl sites for hydroxylation is 1. The van der Waals surface area contributed by atoms with E-state index >= 15 is 0 Å². The molecule has 0 aliphatic carbocycles. The molecule has 0 aliphatic heterocycles. The van der Waals surface area contributed by atoms with Gasteiger partial charge in [0.15, 0.2) is 0 Å². The van der Waals surface area contributed by atoms with Gasteiger partial charge < -0.3 is 14.8 Å². The van der Waals surface area contributed by atoms with Crippen molar-refractivity contribution in [3.05, 3.63) is 53.6 Å². The minimum Gasteiger partial charge on any atom is -0.497 e. The summed E-state index contributed by atoms with van der Waals surface area (Å²) in [5, 5.41) is 2.75. The maximum absolute atomic E-state index is 12.4. The summed E-state index contributed by atoms with van der Waals surface area (Å²) >= 11 is 0. The fourth-order valence-electron chi connectivity index (χ4n) is 2.58. The first-order valence-corrected chi connectivity index (χ1v) is 10.1. The maximum atomic E-state index is 12.4. The van der Waals surface area contributed by atoms with Gasteiger partial charge in [0.2, 0.25) is 15.9 Å². The van der Waals surface area contributed by atoms with Crippen LogP contribution in [0.3, 0.4) is 0 Å². The van der Waals surface area contributed by atoms with Crippen molar-refractivity contribution in [1.82, 2.24) is 5.32 Å². The van der Waals surface area contributed by atoms with Crippen molar-refractivity contribution in [2.45, 2.75) is 13.5 Å². The number of benzene rings is 2. The van der Waals surface area contributed by atoms with Crippen LogP contribution in [0.2, 0.25) is 0 Å². The molecule has 27 heavy (non-hydrogen) atoms. The summed E-state index contributed by atoms with van der Waals surface area (Å²) in [6.07, 6.45) is 1.04. The highest BCUT2D eigenvalue weighted by Crippen LogP contribution is 2.33. The Labute approximate surface area is 160 Å². The zero-order valence-electron chi connectivity index (χ0n) is 15.9. The van der Waals surface area contributed by atoms with E-state index in [0.717, 1.165) is 21.7 Å². The van der Waals surface area contributed by atoms with Gasteiger partial charge in [-0.2, -0.15) is 0 Å². The number of hydrogen-bond donors (Lipinski definition) is 1. The molecular formula is C19H24N2O5S. The first kappa shape index (κ1) is 20.6. The Morgan fingerprint density at radius 1 is 1.11 bits per heavy atom. The van der Waals surface area contributed by atoms with Crippen LogP contribution in [0.4, 0.5) is 5.69 Å². The van der Waals surface area contributed by atoms with E-state index in [1.807, 2.05) is 31.2 Å². The van der Waals surface area contributed by atoms with Crippen LogP contribution >= 0.6 is 0 Å². The molecule has 0 fully saturated rings. The molecule has 2 aromatic rings. The molecule has 0 unspecified atom stereocenters. The minimum atomic E-state index is -3.72. The molecule has 146 valence electrons. The highest BCUT2D eigenvalue weighted by atomic mass is 32.2. The van der Waals surface area contributed by atoms with Crippen LogP contribution in [0.1, 0.15) is 11.1 Å². The molecule has 1 amide bonds. The van der Waals surface area contributed by atoms with Gasteiger partial charge in [-0.1, -0.05) is 29.8 Å². The standard InChI is InChI=1S/C19H24N2O5S/c1-14-6-5-7-15(10-14)12-20-19(22)13-21(27(4,23)24)17-11-16(25-2)8-9-18(17)26-3/h5-11H,12-13H2,1-4H3,(H,20,22). The molecule has 0 saturated carbocycles. The third kappa shape index (κ3) is 5.62. The van der Waals surface area contributed by atoms with Crippen LogP contribution in [0.25, 0.3) is 0 Å². The summed E-state index contributed by atoms with van der Waals surface area (Å²) in [7, 11) is -0.812. The number of methoxy groups -OCH3 is 2. The van der Waals surface area contributed by atoms with Gasteiger partial charge in [0.1, 0.15) is 18.0 Å². The molecule has 0 aliphatic rings. The SMILES string of the molecule is COc1ccc(OC)c(N(CC(=O)NCc2cccc(C)c2)S(C)(=O)=O)c1. The van der Waals surface area contributed by atoms with Gasteiger partial charge in [-0.05, 0) is 24.6 Å². The zero-order chi connectivity index (χ0) is 20.0. The normalized spacial score (nSPS) is 11.0. The molecule has 0 spiro atoms. The van der Waals surface area contributed by atoms with E-state index in [9.17, 15) is 13.2 Å². The largest absolute Gasteiger partial charge is 0.497 e. The number of nitrogens with one attached hydrogen (secondary N) is 1. The van der Waals surface area contributed by atoms with Gasteiger partial charge >= 0.3 is 0 Å². The van der Waals surface area contributed by atoms with E-state index in [4.69, 9.17) is 9.47 Å². The number of ether oxygens (including phenoxy) is 2. The number of carbonyl (C=O) groups excluding carboxylic acids is 1. The predicted molar refractivity (Wildman–Crippen MR) is 105 cm³/mol. The molecule has 0 radical (unpaired) electrons. The van der Waals surface area contributed by atoms with Gasteiger partial charge in [-0.25, -0.2) is 8.42 Å². The van der Waals surface area contributed by atoms with Crippen LogP contribution in [0.15, 0.2) is 42.5 Å². The highest BCUT2D eigenvalue weighted by Gasteiger charge is 2.24. The Hall–Kier alpha value is -2.74. The molecule has 0 heterocycles. The fraction of sp³-hybridized carbons (Fsp3) is 0.316. The molecule has 8 heteroatoms. The Bertz CT molecular complexity index is 912. The average molecular weight is 392 g/mol. The summed E-state index contributed by atoms with van der Waals surface area (Å²) in [5.41, 5.74) is 2.26. The molecule has 2 rings (SSSR count). The van der Waals surface area contributed by atoms with Crippen molar-refractivity contribution in [2.24, 2.45) is 0 Å². The minimum absolute atomic E-state index is 0.241. The van der Waals surface area contributed by atoms with Crippen molar-refractivity contribution < 1.29 is 22.7 Å². The molecule has 0 bridgehead atoms. The predicted octanol–water partition coefficient (Wildman–Crippen LogP) is 2.09. The van der Waals surface area contributed by atoms with Crippen LogP contribution in [-0.4, -0.2) is 41.3 Å². The first-order chi connectivity index (χ1) is 12.7. The summed E-state index contributed by atoms with van der Waals surface area (Å²) in [4.78, 5) is 12.4. The number of anilines is 1. The third-order valence-corrected chi connectivity index (χ3v) is 5.04. The summed E-state index contributed by atoms with van der Waals surface area (Å²) in [6.45, 7) is 1.91. The molecule has 7 nitrogen and oxygen atoms in total. The highest BCUT2D eigenvalue weighted by molar-refractivity contribution is 7.92. The Balaban J connectivity index is 2.21. The Morgan fingerprint density at radius 3 is 2.44 bits per heavy atom. The molecule has 1 N–H and O–H groups in total. The van der Waals surface area contributed by atoms with Crippen molar-refractivity contribution >= 4 is 21.6 Å².